The fraction of sp³-hybridized carbons (Fsp3) is 0.538. The van der Waals surface area contributed by atoms with Crippen LogP contribution >= 0.6 is 0 Å². The van der Waals surface area contributed by atoms with Crippen LogP contribution in [0.15, 0.2) is 24.3 Å². The molecule has 2 unspecified atom stereocenters. The molecule has 2 fully saturated rings. The summed E-state index contributed by atoms with van der Waals surface area (Å²) >= 11 is 0. The molecule has 0 radical (unpaired) electrons. The monoisotopic (exact) mass is 272 g/mol. The van der Waals surface area contributed by atoms with Crippen molar-refractivity contribution >= 4 is 0 Å². The van der Waals surface area contributed by atoms with E-state index in [1.54, 1.807) is 12.1 Å². The molecule has 0 aromatic heterocycles. The lowest BCUT2D eigenvalue weighted by Gasteiger charge is -2.27. The number of benzene rings is 1. The number of ether oxygens (including phenoxy) is 1. The largest absolute Gasteiger partial charge is 0.573 e. The first kappa shape index (κ1) is 12.7. The fourth-order valence-corrected chi connectivity index (χ4v) is 2.87. The van der Waals surface area contributed by atoms with Crippen LogP contribution in [0.5, 0.6) is 5.75 Å². The Morgan fingerprint density at radius 3 is 2.53 bits per heavy atom. The number of alkyl halides is 3. The third kappa shape index (κ3) is 3.01. The Morgan fingerprint density at radius 2 is 2.00 bits per heavy atom. The van der Waals surface area contributed by atoms with E-state index in [9.17, 15) is 13.2 Å². The molecule has 0 saturated carbocycles. The lowest BCUT2D eigenvalue weighted by Crippen LogP contribution is -2.42. The summed E-state index contributed by atoms with van der Waals surface area (Å²) in [6, 6.07) is 7.28. The Morgan fingerprint density at radius 1 is 1.26 bits per heavy atom. The molecular formula is C13H15F3N2O. The van der Waals surface area contributed by atoms with Crippen molar-refractivity contribution in [1.29, 1.82) is 0 Å². The molecule has 19 heavy (non-hydrogen) atoms. The number of likely N-dealkylation sites (tertiary alicyclic amines) is 1. The van der Waals surface area contributed by atoms with Gasteiger partial charge in [-0.15, -0.1) is 13.2 Å². The van der Waals surface area contributed by atoms with Crippen molar-refractivity contribution in [2.75, 3.05) is 13.1 Å². The Hall–Kier alpha value is -1.27. The van der Waals surface area contributed by atoms with Gasteiger partial charge in [-0.2, -0.15) is 0 Å². The van der Waals surface area contributed by atoms with Gasteiger partial charge < -0.3 is 10.1 Å². The molecule has 2 aliphatic heterocycles. The third-order valence-electron chi connectivity index (χ3n) is 3.71. The van der Waals surface area contributed by atoms with E-state index in [2.05, 4.69) is 15.0 Å². The van der Waals surface area contributed by atoms with Crippen LogP contribution in [-0.2, 0) is 6.54 Å². The van der Waals surface area contributed by atoms with Crippen LogP contribution < -0.4 is 10.1 Å². The predicted octanol–water partition coefficient (Wildman–Crippen LogP) is 2.13. The van der Waals surface area contributed by atoms with Crippen LogP contribution in [0.25, 0.3) is 0 Å². The van der Waals surface area contributed by atoms with Crippen LogP contribution in [-0.4, -0.2) is 36.4 Å². The molecule has 3 nitrogen and oxygen atoms in total. The van der Waals surface area contributed by atoms with Gasteiger partial charge in [0.15, 0.2) is 0 Å². The summed E-state index contributed by atoms with van der Waals surface area (Å²) in [6.45, 7) is 2.82. The number of rotatable bonds is 3. The average Bonchev–Trinajstić information content (AvgIpc) is 2.92. The van der Waals surface area contributed by atoms with E-state index in [4.69, 9.17) is 0 Å². The Balaban J connectivity index is 1.60. The first-order valence-corrected chi connectivity index (χ1v) is 6.32. The van der Waals surface area contributed by atoms with Crippen molar-refractivity contribution in [3.8, 4) is 5.75 Å². The summed E-state index contributed by atoms with van der Waals surface area (Å²) in [5.41, 5.74) is 1.02. The van der Waals surface area contributed by atoms with E-state index in [-0.39, 0.29) is 5.75 Å². The summed E-state index contributed by atoms with van der Waals surface area (Å²) < 4.78 is 40.0. The zero-order valence-corrected chi connectivity index (χ0v) is 10.3. The maximum Gasteiger partial charge on any atom is 0.573 e. The van der Waals surface area contributed by atoms with Gasteiger partial charge in [0.1, 0.15) is 5.75 Å². The molecule has 2 heterocycles. The lowest BCUT2D eigenvalue weighted by atomic mass is 10.2. The van der Waals surface area contributed by atoms with Crippen LogP contribution in [0.3, 0.4) is 0 Å². The first-order chi connectivity index (χ1) is 8.99. The molecule has 0 amide bonds. The summed E-state index contributed by atoms with van der Waals surface area (Å²) in [5, 5.41) is 3.42. The molecule has 2 aliphatic rings. The van der Waals surface area contributed by atoms with Crippen LogP contribution in [0.1, 0.15) is 12.0 Å². The number of hydrogen-bond acceptors (Lipinski definition) is 3. The summed E-state index contributed by atoms with van der Waals surface area (Å²) in [6.07, 6.45) is -3.45. The Kier molecular flexibility index (Phi) is 3.14. The van der Waals surface area contributed by atoms with Gasteiger partial charge in [0.05, 0.1) is 0 Å². The van der Waals surface area contributed by atoms with Crippen LogP contribution in [0, 0.1) is 0 Å². The second-order valence-electron chi connectivity index (χ2n) is 5.12. The number of nitrogens with zero attached hydrogens (tertiary/aromatic N) is 1. The van der Waals surface area contributed by atoms with Gasteiger partial charge in [-0.25, -0.2) is 0 Å². The highest BCUT2D eigenvalue weighted by molar-refractivity contribution is 5.27. The zero-order valence-electron chi connectivity index (χ0n) is 10.3. The van der Waals surface area contributed by atoms with Crippen molar-refractivity contribution in [3.63, 3.8) is 0 Å². The quantitative estimate of drug-likeness (QED) is 0.912. The van der Waals surface area contributed by atoms with Crippen LogP contribution in [0.4, 0.5) is 13.2 Å². The zero-order chi connectivity index (χ0) is 13.5. The molecule has 1 aromatic rings. The van der Waals surface area contributed by atoms with Crippen molar-refractivity contribution in [3.05, 3.63) is 29.8 Å². The van der Waals surface area contributed by atoms with Gasteiger partial charge in [-0.05, 0) is 24.1 Å². The van der Waals surface area contributed by atoms with Crippen molar-refractivity contribution < 1.29 is 17.9 Å². The molecular weight excluding hydrogens is 257 g/mol. The normalized spacial score (nSPS) is 26.9. The highest BCUT2D eigenvalue weighted by Gasteiger charge is 2.37. The Bertz CT molecular complexity index is 446. The maximum atomic E-state index is 12.0. The van der Waals surface area contributed by atoms with Gasteiger partial charge in [0.25, 0.3) is 0 Å². The van der Waals surface area contributed by atoms with E-state index in [0.29, 0.717) is 12.1 Å². The lowest BCUT2D eigenvalue weighted by molar-refractivity contribution is -0.274. The minimum Gasteiger partial charge on any atom is -0.406 e. The van der Waals surface area contributed by atoms with Crippen molar-refractivity contribution in [1.82, 2.24) is 10.2 Å². The van der Waals surface area contributed by atoms with E-state index in [0.717, 1.165) is 25.2 Å². The highest BCUT2D eigenvalue weighted by Crippen LogP contribution is 2.26. The smallest absolute Gasteiger partial charge is 0.406 e. The van der Waals surface area contributed by atoms with E-state index in [1.807, 2.05) is 0 Å². The first-order valence-electron chi connectivity index (χ1n) is 6.32. The SMILES string of the molecule is FC(F)(F)Oc1ccc(CN2CC3CC2CN3)cc1. The second kappa shape index (κ2) is 4.68. The summed E-state index contributed by atoms with van der Waals surface area (Å²) in [5.74, 6) is -0.166. The highest BCUT2D eigenvalue weighted by atomic mass is 19.4. The number of fused-ring (bicyclic) bond motifs is 2. The minimum absolute atomic E-state index is 0.166. The van der Waals surface area contributed by atoms with E-state index in [1.165, 1.54) is 18.6 Å². The maximum absolute atomic E-state index is 12.0. The second-order valence-corrected chi connectivity index (χ2v) is 5.12. The average molecular weight is 272 g/mol. The molecule has 104 valence electrons. The molecule has 0 aliphatic carbocycles. The van der Waals surface area contributed by atoms with Gasteiger partial charge in [0, 0.05) is 31.7 Å². The number of piperazine rings is 1. The van der Waals surface area contributed by atoms with Crippen LogP contribution in [0.2, 0.25) is 0 Å². The number of hydrogen-bond donors (Lipinski definition) is 1. The fourth-order valence-electron chi connectivity index (χ4n) is 2.87. The molecule has 1 aromatic carbocycles. The molecule has 6 heteroatoms. The van der Waals surface area contributed by atoms with Crippen molar-refractivity contribution in [2.24, 2.45) is 0 Å². The molecule has 2 atom stereocenters. The summed E-state index contributed by atoms with van der Waals surface area (Å²) in [7, 11) is 0. The number of halogens is 3. The molecule has 0 spiro atoms. The molecule has 2 bridgehead atoms. The Labute approximate surface area is 109 Å². The van der Waals surface area contributed by atoms with Gasteiger partial charge in [0.2, 0.25) is 0 Å². The van der Waals surface area contributed by atoms with Crippen molar-refractivity contribution in [2.45, 2.75) is 31.4 Å². The molecule has 3 rings (SSSR count). The predicted molar refractivity (Wildman–Crippen MR) is 63.7 cm³/mol. The van der Waals surface area contributed by atoms with Gasteiger partial charge >= 0.3 is 6.36 Å². The van der Waals surface area contributed by atoms with E-state index >= 15 is 0 Å². The topological polar surface area (TPSA) is 24.5 Å². The number of nitrogens with one attached hydrogen (secondary N) is 1. The molecule has 1 N–H and O–H groups in total. The van der Waals surface area contributed by atoms with Gasteiger partial charge in [-0.1, -0.05) is 12.1 Å². The standard InChI is InChI=1S/C13H15F3N2O/c14-13(15,16)19-12-3-1-9(2-4-12)7-18-8-10-5-11(18)6-17-10/h1-4,10-11,17H,5-8H2. The third-order valence-corrected chi connectivity index (χ3v) is 3.71. The minimum atomic E-state index is -4.62. The van der Waals surface area contributed by atoms with Gasteiger partial charge in [-0.3, -0.25) is 4.90 Å². The molecule has 2 saturated heterocycles. The van der Waals surface area contributed by atoms with E-state index < -0.39 is 6.36 Å². The summed E-state index contributed by atoms with van der Waals surface area (Å²) in [4.78, 5) is 2.38.